The number of hydrogen-bond acceptors (Lipinski definition) is 3. The van der Waals surface area contributed by atoms with Crippen molar-refractivity contribution in [2.75, 3.05) is 6.61 Å². The molecule has 0 aliphatic carbocycles. The van der Waals surface area contributed by atoms with Crippen molar-refractivity contribution in [2.24, 2.45) is 0 Å². The van der Waals surface area contributed by atoms with Crippen molar-refractivity contribution in [3.63, 3.8) is 0 Å². The van der Waals surface area contributed by atoms with Crippen LogP contribution < -0.4 is 0 Å². The van der Waals surface area contributed by atoms with Gasteiger partial charge in [-0.3, -0.25) is 4.79 Å². The first-order valence-electron chi connectivity index (χ1n) is 7.72. The molecule has 0 unspecified atom stereocenters. The minimum absolute atomic E-state index is 0.0216. The van der Waals surface area contributed by atoms with Crippen molar-refractivity contribution in [2.45, 2.75) is 20.3 Å². The quantitative estimate of drug-likeness (QED) is 0.459. The fraction of sp³-hybridized carbons (Fsp3) is 0.200. The van der Waals surface area contributed by atoms with Crippen LogP contribution in [0.25, 0.3) is 6.08 Å². The second-order valence-corrected chi connectivity index (χ2v) is 5.10. The lowest BCUT2D eigenvalue weighted by Gasteiger charge is -2.06. The Morgan fingerprint density at radius 1 is 1.00 bits per heavy atom. The summed E-state index contributed by atoms with van der Waals surface area (Å²) >= 11 is 0. The lowest BCUT2D eigenvalue weighted by Crippen LogP contribution is -2.03. The van der Waals surface area contributed by atoms with Crippen molar-refractivity contribution >= 4 is 17.8 Å². The summed E-state index contributed by atoms with van der Waals surface area (Å²) in [4.78, 5) is 24.0. The molecule has 3 nitrogen and oxygen atoms in total. The highest BCUT2D eigenvalue weighted by atomic mass is 16.5. The van der Waals surface area contributed by atoms with E-state index in [1.807, 2.05) is 37.3 Å². The highest BCUT2D eigenvalue weighted by Crippen LogP contribution is 2.16. The normalized spacial score (nSPS) is 10.7. The molecule has 0 saturated carbocycles. The van der Waals surface area contributed by atoms with Crippen LogP contribution in [0, 0.1) is 0 Å². The second kappa shape index (κ2) is 8.08. The minimum atomic E-state index is -0.384. The van der Waals surface area contributed by atoms with E-state index in [-0.39, 0.29) is 11.8 Å². The van der Waals surface area contributed by atoms with Crippen molar-refractivity contribution in [3.05, 3.63) is 76.9 Å². The van der Waals surface area contributed by atoms with Crippen LogP contribution in [-0.2, 0) is 16.0 Å². The van der Waals surface area contributed by atoms with E-state index >= 15 is 0 Å². The summed E-state index contributed by atoms with van der Waals surface area (Å²) in [5.41, 5.74) is 3.15. The average Bonchev–Trinajstić information content (AvgIpc) is 2.60. The Kier molecular flexibility index (Phi) is 5.87. The molecule has 118 valence electrons. The maximum absolute atomic E-state index is 12.6. The third-order valence-corrected chi connectivity index (χ3v) is 3.42. The van der Waals surface area contributed by atoms with E-state index in [1.165, 1.54) is 6.08 Å². The smallest absolute Gasteiger partial charge is 0.330 e. The third-order valence-electron chi connectivity index (χ3n) is 3.42. The van der Waals surface area contributed by atoms with Gasteiger partial charge in [-0.15, -0.1) is 0 Å². The van der Waals surface area contributed by atoms with Crippen molar-refractivity contribution in [1.29, 1.82) is 0 Å². The maximum atomic E-state index is 12.6. The van der Waals surface area contributed by atoms with Gasteiger partial charge in [0.25, 0.3) is 0 Å². The standard InChI is InChI=1S/C20H20O3/c1-3-15-12-16(10-11-19(21)23-4-2)14-18(13-15)20(22)17-8-6-5-7-9-17/h5-14H,3-4H2,1-2H3/b11-10+. The molecule has 0 saturated heterocycles. The van der Waals surface area contributed by atoms with Gasteiger partial charge in [-0.05, 0) is 42.7 Å². The summed E-state index contributed by atoms with van der Waals surface area (Å²) in [7, 11) is 0. The van der Waals surface area contributed by atoms with Crippen LogP contribution >= 0.6 is 0 Å². The number of carbonyl (C=O) groups excluding carboxylic acids is 2. The molecule has 2 aromatic rings. The van der Waals surface area contributed by atoms with E-state index in [9.17, 15) is 9.59 Å². The van der Waals surface area contributed by atoms with Gasteiger partial charge in [0.1, 0.15) is 0 Å². The SMILES string of the molecule is CCOC(=O)/C=C/c1cc(CC)cc(C(=O)c2ccccc2)c1. The molecular formula is C20H20O3. The monoisotopic (exact) mass is 308 g/mol. The first kappa shape index (κ1) is 16.7. The van der Waals surface area contributed by atoms with Gasteiger partial charge in [-0.2, -0.15) is 0 Å². The lowest BCUT2D eigenvalue weighted by atomic mass is 9.97. The fourth-order valence-electron chi connectivity index (χ4n) is 2.26. The van der Waals surface area contributed by atoms with E-state index in [0.29, 0.717) is 17.7 Å². The molecule has 0 atom stereocenters. The number of aryl methyl sites for hydroxylation is 1. The molecule has 0 radical (unpaired) electrons. The van der Waals surface area contributed by atoms with Gasteiger partial charge in [0.2, 0.25) is 0 Å². The Bertz CT molecular complexity index is 715. The molecule has 23 heavy (non-hydrogen) atoms. The van der Waals surface area contributed by atoms with E-state index in [4.69, 9.17) is 4.74 Å². The van der Waals surface area contributed by atoms with Crippen LogP contribution in [0.1, 0.15) is 40.9 Å². The Balaban J connectivity index is 2.32. The maximum Gasteiger partial charge on any atom is 0.330 e. The predicted octanol–water partition coefficient (Wildman–Crippen LogP) is 4.06. The summed E-state index contributed by atoms with van der Waals surface area (Å²) in [6.07, 6.45) is 3.88. The zero-order valence-corrected chi connectivity index (χ0v) is 13.4. The molecule has 0 N–H and O–H groups in total. The molecule has 0 aliphatic rings. The van der Waals surface area contributed by atoms with Crippen LogP contribution in [0.3, 0.4) is 0 Å². The zero-order valence-electron chi connectivity index (χ0n) is 13.4. The molecule has 0 heterocycles. The van der Waals surface area contributed by atoms with E-state index in [0.717, 1.165) is 17.5 Å². The number of carbonyl (C=O) groups is 2. The molecule has 0 amide bonds. The van der Waals surface area contributed by atoms with Gasteiger partial charge in [0.05, 0.1) is 6.61 Å². The van der Waals surface area contributed by atoms with Gasteiger partial charge in [-0.1, -0.05) is 43.3 Å². The summed E-state index contributed by atoms with van der Waals surface area (Å²) < 4.78 is 4.87. The van der Waals surface area contributed by atoms with Crippen LogP contribution in [0.4, 0.5) is 0 Å². The first-order valence-corrected chi connectivity index (χ1v) is 7.72. The number of esters is 1. The predicted molar refractivity (Wildman–Crippen MR) is 91.4 cm³/mol. The van der Waals surface area contributed by atoms with Crippen molar-refractivity contribution in [1.82, 2.24) is 0 Å². The largest absolute Gasteiger partial charge is 0.463 e. The second-order valence-electron chi connectivity index (χ2n) is 5.10. The summed E-state index contributed by atoms with van der Waals surface area (Å²) in [6.45, 7) is 4.14. The average molecular weight is 308 g/mol. The van der Waals surface area contributed by atoms with E-state index in [2.05, 4.69) is 0 Å². The summed E-state index contributed by atoms with van der Waals surface area (Å²) in [5, 5.41) is 0. The van der Waals surface area contributed by atoms with E-state index in [1.54, 1.807) is 31.2 Å². The first-order chi connectivity index (χ1) is 11.1. The van der Waals surface area contributed by atoms with Gasteiger partial charge in [-0.25, -0.2) is 4.79 Å². The third kappa shape index (κ3) is 4.65. The molecular weight excluding hydrogens is 288 g/mol. The van der Waals surface area contributed by atoms with Gasteiger partial charge in [0.15, 0.2) is 5.78 Å². The fourth-order valence-corrected chi connectivity index (χ4v) is 2.26. The molecule has 0 fully saturated rings. The van der Waals surface area contributed by atoms with Crippen LogP contribution in [-0.4, -0.2) is 18.4 Å². The molecule has 2 rings (SSSR count). The number of ether oxygens (including phenoxy) is 1. The highest BCUT2D eigenvalue weighted by molar-refractivity contribution is 6.09. The van der Waals surface area contributed by atoms with Gasteiger partial charge < -0.3 is 4.74 Å². The van der Waals surface area contributed by atoms with Crippen molar-refractivity contribution < 1.29 is 14.3 Å². The van der Waals surface area contributed by atoms with Crippen molar-refractivity contribution in [3.8, 4) is 0 Å². The summed E-state index contributed by atoms with van der Waals surface area (Å²) in [5.74, 6) is -0.406. The lowest BCUT2D eigenvalue weighted by molar-refractivity contribution is -0.137. The summed E-state index contributed by atoms with van der Waals surface area (Å²) in [6, 6.07) is 14.8. The number of rotatable bonds is 6. The molecule has 0 spiro atoms. The Hall–Kier alpha value is -2.68. The number of ketones is 1. The molecule has 0 bridgehead atoms. The zero-order chi connectivity index (χ0) is 16.7. The van der Waals surface area contributed by atoms with Gasteiger partial charge >= 0.3 is 5.97 Å². The highest BCUT2D eigenvalue weighted by Gasteiger charge is 2.10. The number of benzene rings is 2. The van der Waals surface area contributed by atoms with Gasteiger partial charge in [0, 0.05) is 17.2 Å². The Morgan fingerprint density at radius 3 is 2.39 bits per heavy atom. The molecule has 3 heteroatoms. The number of hydrogen-bond donors (Lipinski definition) is 0. The Morgan fingerprint density at radius 2 is 1.74 bits per heavy atom. The van der Waals surface area contributed by atoms with Crippen LogP contribution in [0.2, 0.25) is 0 Å². The molecule has 0 aliphatic heterocycles. The Labute approximate surface area is 136 Å². The van der Waals surface area contributed by atoms with E-state index < -0.39 is 0 Å². The topological polar surface area (TPSA) is 43.4 Å². The van der Waals surface area contributed by atoms with Crippen LogP contribution in [0.5, 0.6) is 0 Å². The molecule has 2 aromatic carbocycles. The molecule has 0 aromatic heterocycles. The minimum Gasteiger partial charge on any atom is -0.463 e. The van der Waals surface area contributed by atoms with Crippen LogP contribution in [0.15, 0.2) is 54.6 Å².